The van der Waals surface area contributed by atoms with Crippen molar-refractivity contribution >= 4 is 22.1 Å². The van der Waals surface area contributed by atoms with Crippen molar-refractivity contribution in [2.24, 2.45) is 0 Å². The molecule has 0 saturated carbocycles. The van der Waals surface area contributed by atoms with E-state index in [2.05, 4.69) is 4.18 Å². The summed E-state index contributed by atoms with van der Waals surface area (Å²) >= 11 is 0. The lowest BCUT2D eigenvalue weighted by Gasteiger charge is -2.07. The lowest BCUT2D eigenvalue weighted by Crippen LogP contribution is -2.13. The van der Waals surface area contributed by atoms with Crippen molar-refractivity contribution in [1.29, 1.82) is 0 Å². The Labute approximate surface area is 108 Å². The Hall–Kier alpha value is -2.35. The Morgan fingerprint density at radius 2 is 1.68 bits per heavy atom. The van der Waals surface area contributed by atoms with Crippen LogP contribution in [0, 0.1) is 6.92 Å². The molecular weight excluding hydrogens is 276 g/mol. The van der Waals surface area contributed by atoms with Crippen LogP contribution in [-0.2, 0) is 23.9 Å². The van der Waals surface area contributed by atoms with E-state index in [4.69, 9.17) is 10.2 Å². The van der Waals surface area contributed by atoms with Crippen molar-refractivity contribution in [3.05, 3.63) is 41.7 Å². The Morgan fingerprint density at radius 3 is 2.11 bits per heavy atom. The van der Waals surface area contributed by atoms with Crippen molar-refractivity contribution in [3.8, 4) is 0 Å². The summed E-state index contributed by atoms with van der Waals surface area (Å²) in [5.74, 6) is -4.61. The molecule has 0 unspecified atom stereocenters. The molecule has 0 saturated heterocycles. The normalized spacial score (nSPS) is 11.9. The molecule has 0 radical (unpaired) electrons. The molecule has 0 aliphatic carbocycles. The molecule has 7 nitrogen and oxygen atoms in total. The van der Waals surface area contributed by atoms with Crippen LogP contribution in [0.4, 0.5) is 0 Å². The van der Waals surface area contributed by atoms with Crippen LogP contribution in [0.15, 0.2) is 41.0 Å². The van der Waals surface area contributed by atoms with E-state index in [1.807, 2.05) is 0 Å². The molecule has 1 rings (SSSR count). The zero-order valence-electron chi connectivity index (χ0n) is 9.73. The van der Waals surface area contributed by atoms with Crippen LogP contribution in [-0.4, -0.2) is 30.6 Å². The monoisotopic (exact) mass is 286 g/mol. The molecule has 0 fully saturated rings. The molecule has 0 atom stereocenters. The molecule has 1 aromatic rings. The summed E-state index contributed by atoms with van der Waals surface area (Å²) in [7, 11) is -4.38. The Kier molecular flexibility index (Phi) is 4.28. The Morgan fingerprint density at radius 1 is 1.16 bits per heavy atom. The van der Waals surface area contributed by atoms with Crippen LogP contribution >= 0.6 is 0 Å². The second-order valence-electron chi connectivity index (χ2n) is 3.50. The van der Waals surface area contributed by atoms with Gasteiger partial charge in [0.05, 0.1) is 6.08 Å². The van der Waals surface area contributed by atoms with Gasteiger partial charge in [0, 0.05) is 0 Å². The van der Waals surface area contributed by atoms with Crippen LogP contribution in [0.5, 0.6) is 0 Å². The van der Waals surface area contributed by atoms with Crippen molar-refractivity contribution < 1.29 is 32.4 Å². The summed E-state index contributed by atoms with van der Waals surface area (Å²) in [6.45, 7) is 1.74. The Bertz CT molecular complexity index is 626. The second kappa shape index (κ2) is 5.53. The standard InChI is InChI=1S/C11H10O7S/c1-7-2-4-8(5-3-7)19(16,17)18-9(11(14)15)6-10(12)13/h2-6H,1H3,(H,12,13)(H,14,15)/b9-6+. The lowest BCUT2D eigenvalue weighted by molar-refractivity contribution is -0.137. The van der Waals surface area contributed by atoms with Crippen molar-refractivity contribution in [2.75, 3.05) is 0 Å². The zero-order chi connectivity index (χ0) is 14.6. The highest BCUT2D eigenvalue weighted by Crippen LogP contribution is 2.16. The van der Waals surface area contributed by atoms with Crippen LogP contribution in [0.1, 0.15) is 5.56 Å². The highest BCUT2D eigenvalue weighted by molar-refractivity contribution is 7.86. The summed E-state index contributed by atoms with van der Waals surface area (Å²) in [5.41, 5.74) is 0.804. The van der Waals surface area contributed by atoms with Gasteiger partial charge in [0.25, 0.3) is 0 Å². The van der Waals surface area contributed by atoms with Crippen LogP contribution in [0.3, 0.4) is 0 Å². The van der Waals surface area contributed by atoms with Crippen LogP contribution < -0.4 is 0 Å². The molecule has 0 aliphatic rings. The van der Waals surface area contributed by atoms with Gasteiger partial charge in [-0.3, -0.25) is 0 Å². The van der Waals surface area contributed by atoms with E-state index in [0.717, 1.165) is 5.56 Å². The van der Waals surface area contributed by atoms with Gasteiger partial charge in [-0.15, -0.1) is 0 Å². The first kappa shape index (κ1) is 14.7. The molecule has 8 heteroatoms. The predicted molar refractivity (Wildman–Crippen MR) is 62.8 cm³/mol. The fourth-order valence-electron chi connectivity index (χ4n) is 1.10. The highest BCUT2D eigenvalue weighted by Gasteiger charge is 2.22. The van der Waals surface area contributed by atoms with Gasteiger partial charge in [-0.2, -0.15) is 8.42 Å². The topological polar surface area (TPSA) is 118 Å². The number of hydrogen-bond donors (Lipinski definition) is 2. The largest absolute Gasteiger partial charge is 0.478 e. The predicted octanol–water partition coefficient (Wildman–Crippen LogP) is 0.753. The smallest absolute Gasteiger partial charge is 0.373 e. The van der Waals surface area contributed by atoms with E-state index < -0.39 is 27.8 Å². The SMILES string of the molecule is Cc1ccc(S(=O)(=O)O/C(=C/C(=O)O)C(=O)O)cc1. The second-order valence-corrected chi connectivity index (χ2v) is 5.05. The number of carbonyl (C=O) groups is 2. The van der Waals surface area contributed by atoms with Gasteiger partial charge in [0.2, 0.25) is 5.76 Å². The molecule has 0 amide bonds. The van der Waals surface area contributed by atoms with E-state index in [1.54, 1.807) is 6.92 Å². The number of carboxylic acids is 2. The average molecular weight is 286 g/mol. The minimum absolute atomic E-state index is 0.161. The van der Waals surface area contributed by atoms with E-state index in [1.165, 1.54) is 24.3 Å². The fourth-order valence-corrected chi connectivity index (χ4v) is 2.03. The quantitative estimate of drug-likeness (QED) is 0.466. The number of aliphatic carboxylic acids is 2. The molecule has 0 heterocycles. The summed E-state index contributed by atoms with van der Waals surface area (Å²) in [6.07, 6.45) is 0.161. The van der Waals surface area contributed by atoms with Crippen LogP contribution in [0.25, 0.3) is 0 Å². The van der Waals surface area contributed by atoms with E-state index >= 15 is 0 Å². The highest BCUT2D eigenvalue weighted by atomic mass is 32.2. The number of hydrogen-bond acceptors (Lipinski definition) is 5. The third-order valence-electron chi connectivity index (χ3n) is 1.97. The first-order valence-electron chi connectivity index (χ1n) is 4.91. The summed E-state index contributed by atoms with van der Waals surface area (Å²) in [6, 6.07) is 5.45. The lowest BCUT2D eigenvalue weighted by atomic mass is 10.2. The molecule has 0 spiro atoms. The molecule has 19 heavy (non-hydrogen) atoms. The van der Waals surface area contributed by atoms with Gasteiger partial charge in [0.15, 0.2) is 0 Å². The van der Waals surface area contributed by atoms with Gasteiger partial charge in [-0.05, 0) is 19.1 Å². The number of benzene rings is 1. The minimum atomic E-state index is -4.38. The van der Waals surface area contributed by atoms with Gasteiger partial charge in [0.1, 0.15) is 4.90 Å². The molecule has 0 aromatic heterocycles. The maximum atomic E-state index is 11.7. The third-order valence-corrected chi connectivity index (χ3v) is 3.22. The first-order valence-corrected chi connectivity index (χ1v) is 6.32. The summed E-state index contributed by atoms with van der Waals surface area (Å²) in [5, 5.41) is 17.1. The zero-order valence-corrected chi connectivity index (χ0v) is 10.5. The van der Waals surface area contributed by atoms with Crippen molar-refractivity contribution in [3.63, 3.8) is 0 Å². The van der Waals surface area contributed by atoms with Crippen molar-refractivity contribution in [2.45, 2.75) is 11.8 Å². The van der Waals surface area contributed by atoms with Crippen LogP contribution in [0.2, 0.25) is 0 Å². The summed E-state index contributed by atoms with van der Waals surface area (Å²) in [4.78, 5) is 20.8. The summed E-state index contributed by atoms with van der Waals surface area (Å²) < 4.78 is 27.7. The number of rotatable bonds is 5. The molecule has 0 aliphatic heterocycles. The van der Waals surface area contributed by atoms with E-state index in [9.17, 15) is 18.0 Å². The third kappa shape index (κ3) is 4.11. The number of carboxylic acid groups (broad SMARTS) is 2. The van der Waals surface area contributed by atoms with E-state index in [0.29, 0.717) is 0 Å². The number of aryl methyl sites for hydroxylation is 1. The fraction of sp³-hybridized carbons (Fsp3) is 0.0909. The minimum Gasteiger partial charge on any atom is -0.478 e. The maximum absolute atomic E-state index is 11.7. The van der Waals surface area contributed by atoms with Gasteiger partial charge < -0.3 is 14.4 Å². The molecule has 102 valence electrons. The van der Waals surface area contributed by atoms with E-state index in [-0.39, 0.29) is 11.0 Å². The molecular formula is C11H10O7S. The molecule has 2 N–H and O–H groups in total. The maximum Gasteiger partial charge on any atom is 0.373 e. The first-order chi connectivity index (χ1) is 8.72. The van der Waals surface area contributed by atoms with Gasteiger partial charge in [-0.1, -0.05) is 17.7 Å². The van der Waals surface area contributed by atoms with Gasteiger partial charge in [-0.25, -0.2) is 9.59 Å². The van der Waals surface area contributed by atoms with Gasteiger partial charge >= 0.3 is 22.1 Å². The average Bonchev–Trinajstić information content (AvgIpc) is 2.27. The van der Waals surface area contributed by atoms with Crippen molar-refractivity contribution in [1.82, 2.24) is 0 Å². The Balaban J connectivity index is 3.11. The molecule has 0 bridgehead atoms. The molecule has 1 aromatic carbocycles.